The second kappa shape index (κ2) is 6.62. The first kappa shape index (κ1) is 15.2. The predicted molar refractivity (Wildman–Crippen MR) is 95.5 cm³/mol. The molecule has 0 amide bonds. The van der Waals surface area contributed by atoms with Gasteiger partial charge in [-0.15, -0.1) is 0 Å². The molecule has 0 aliphatic heterocycles. The lowest BCUT2D eigenvalue weighted by Gasteiger charge is -2.25. The van der Waals surface area contributed by atoms with Gasteiger partial charge in [0.25, 0.3) is 5.69 Å². The number of benzene rings is 3. The van der Waals surface area contributed by atoms with Gasteiger partial charge < -0.3 is 4.90 Å². The highest BCUT2D eigenvalue weighted by molar-refractivity contribution is 9.10. The van der Waals surface area contributed by atoms with Gasteiger partial charge in [-0.3, -0.25) is 10.1 Å². The second-order valence-electron chi connectivity index (χ2n) is 4.90. The maximum atomic E-state index is 11.0. The van der Waals surface area contributed by atoms with Gasteiger partial charge in [-0.25, -0.2) is 0 Å². The fourth-order valence-corrected chi connectivity index (χ4v) is 2.90. The summed E-state index contributed by atoms with van der Waals surface area (Å²) in [5, 5.41) is 11.0. The molecule has 0 atom stereocenters. The molecule has 0 saturated heterocycles. The summed E-state index contributed by atoms with van der Waals surface area (Å²) in [4.78, 5) is 12.7. The molecule has 0 unspecified atom stereocenters. The van der Waals surface area contributed by atoms with Crippen LogP contribution in [-0.2, 0) is 0 Å². The van der Waals surface area contributed by atoms with E-state index in [1.165, 1.54) is 6.07 Å². The van der Waals surface area contributed by atoms with Crippen molar-refractivity contribution in [3.8, 4) is 0 Å². The average Bonchev–Trinajstić information content (AvgIpc) is 2.57. The van der Waals surface area contributed by atoms with E-state index in [2.05, 4.69) is 20.8 Å². The van der Waals surface area contributed by atoms with Crippen LogP contribution in [0.3, 0.4) is 0 Å². The lowest BCUT2D eigenvalue weighted by molar-refractivity contribution is -0.385. The van der Waals surface area contributed by atoms with Gasteiger partial charge in [0.15, 0.2) is 0 Å². The highest BCUT2D eigenvalue weighted by Crippen LogP contribution is 2.37. The Morgan fingerprint density at radius 2 is 1.30 bits per heavy atom. The molecular weight excluding hydrogens is 356 g/mol. The van der Waals surface area contributed by atoms with E-state index in [1.807, 2.05) is 60.7 Å². The molecule has 0 aromatic heterocycles. The molecule has 0 bridgehead atoms. The van der Waals surface area contributed by atoms with Crippen LogP contribution < -0.4 is 4.90 Å². The highest BCUT2D eigenvalue weighted by atomic mass is 79.9. The maximum absolute atomic E-state index is 11.0. The second-order valence-corrected chi connectivity index (χ2v) is 5.75. The molecule has 3 rings (SSSR count). The summed E-state index contributed by atoms with van der Waals surface area (Å²) in [6, 6.07) is 24.8. The molecule has 0 heterocycles. The SMILES string of the molecule is O=[N+]([O-])c1ccc(N(c2ccccc2)c2ccccc2)cc1Br. The van der Waals surface area contributed by atoms with E-state index in [1.54, 1.807) is 12.1 Å². The standard InChI is InChI=1S/C18H13BrN2O2/c19-17-13-16(11-12-18(17)21(22)23)20(14-7-3-1-4-8-14)15-9-5-2-6-10-15/h1-13H. The first-order chi connectivity index (χ1) is 11.2. The van der Waals surface area contributed by atoms with Crippen molar-refractivity contribution < 1.29 is 4.92 Å². The van der Waals surface area contributed by atoms with Crippen LogP contribution in [-0.4, -0.2) is 4.92 Å². The number of rotatable bonds is 4. The molecule has 0 saturated carbocycles. The first-order valence-corrected chi connectivity index (χ1v) is 7.80. The first-order valence-electron chi connectivity index (χ1n) is 7.01. The van der Waals surface area contributed by atoms with Gasteiger partial charge >= 0.3 is 0 Å². The quantitative estimate of drug-likeness (QED) is 0.430. The van der Waals surface area contributed by atoms with E-state index in [0.29, 0.717) is 4.47 Å². The molecule has 3 aromatic rings. The number of para-hydroxylation sites is 2. The van der Waals surface area contributed by atoms with Crippen LogP contribution in [0, 0.1) is 10.1 Å². The normalized spacial score (nSPS) is 10.3. The fraction of sp³-hybridized carbons (Fsp3) is 0. The lowest BCUT2D eigenvalue weighted by Crippen LogP contribution is -2.09. The number of anilines is 3. The Kier molecular flexibility index (Phi) is 4.39. The summed E-state index contributed by atoms with van der Waals surface area (Å²) in [6.07, 6.45) is 0. The van der Waals surface area contributed by atoms with Crippen molar-refractivity contribution in [1.29, 1.82) is 0 Å². The monoisotopic (exact) mass is 368 g/mol. The summed E-state index contributed by atoms with van der Waals surface area (Å²) in [5.41, 5.74) is 2.87. The zero-order valence-corrected chi connectivity index (χ0v) is 13.7. The largest absolute Gasteiger partial charge is 0.310 e. The Labute approximate surface area is 142 Å². The third kappa shape index (κ3) is 3.24. The molecular formula is C18H13BrN2O2. The van der Waals surface area contributed by atoms with Crippen molar-refractivity contribution in [2.45, 2.75) is 0 Å². The van der Waals surface area contributed by atoms with Crippen LogP contribution >= 0.6 is 15.9 Å². The smallest absolute Gasteiger partial charge is 0.283 e. The zero-order valence-electron chi connectivity index (χ0n) is 12.1. The molecule has 4 nitrogen and oxygen atoms in total. The molecule has 0 aliphatic rings. The van der Waals surface area contributed by atoms with Gasteiger partial charge in [-0.2, -0.15) is 0 Å². The minimum atomic E-state index is -0.400. The minimum Gasteiger partial charge on any atom is -0.310 e. The highest BCUT2D eigenvalue weighted by Gasteiger charge is 2.17. The number of nitro groups is 1. The van der Waals surface area contributed by atoms with Crippen molar-refractivity contribution in [2.75, 3.05) is 4.90 Å². The molecule has 23 heavy (non-hydrogen) atoms. The molecule has 5 heteroatoms. The Hall–Kier alpha value is -2.66. The summed E-state index contributed by atoms with van der Waals surface area (Å²) in [5.74, 6) is 0. The van der Waals surface area contributed by atoms with Crippen molar-refractivity contribution >= 4 is 38.7 Å². The van der Waals surface area contributed by atoms with Crippen LogP contribution in [0.4, 0.5) is 22.7 Å². The van der Waals surface area contributed by atoms with Crippen LogP contribution in [0.15, 0.2) is 83.3 Å². The van der Waals surface area contributed by atoms with Gasteiger partial charge in [-0.1, -0.05) is 36.4 Å². The number of nitro benzene ring substituents is 1. The Bertz CT molecular complexity index is 783. The van der Waals surface area contributed by atoms with Crippen LogP contribution in [0.2, 0.25) is 0 Å². The van der Waals surface area contributed by atoms with E-state index in [0.717, 1.165) is 17.1 Å². The Morgan fingerprint density at radius 1 is 0.783 bits per heavy atom. The fourth-order valence-electron chi connectivity index (χ4n) is 2.38. The van der Waals surface area contributed by atoms with Gasteiger partial charge in [0.2, 0.25) is 0 Å². The number of hydrogen-bond acceptors (Lipinski definition) is 3. The Balaban J connectivity index is 2.13. The van der Waals surface area contributed by atoms with E-state index < -0.39 is 4.92 Å². The topological polar surface area (TPSA) is 46.4 Å². The molecule has 0 aliphatic carbocycles. The predicted octanol–water partition coefficient (Wildman–Crippen LogP) is 5.83. The maximum Gasteiger partial charge on any atom is 0.283 e. The molecule has 0 N–H and O–H groups in total. The Morgan fingerprint density at radius 3 is 1.74 bits per heavy atom. The van der Waals surface area contributed by atoms with Crippen molar-refractivity contribution in [1.82, 2.24) is 0 Å². The van der Waals surface area contributed by atoms with Gasteiger partial charge in [0, 0.05) is 23.1 Å². The minimum absolute atomic E-state index is 0.0508. The van der Waals surface area contributed by atoms with Crippen molar-refractivity contribution in [3.63, 3.8) is 0 Å². The third-order valence-corrected chi connectivity index (χ3v) is 4.05. The molecule has 0 spiro atoms. The summed E-state index contributed by atoms with van der Waals surface area (Å²) >= 11 is 3.29. The number of halogens is 1. The number of hydrogen-bond donors (Lipinski definition) is 0. The van der Waals surface area contributed by atoms with Crippen molar-refractivity contribution in [3.05, 3.63) is 93.4 Å². The van der Waals surface area contributed by atoms with Gasteiger partial charge in [0.1, 0.15) is 0 Å². The summed E-state index contributed by atoms with van der Waals surface area (Å²) in [6.45, 7) is 0. The van der Waals surface area contributed by atoms with E-state index in [4.69, 9.17) is 0 Å². The lowest BCUT2D eigenvalue weighted by atomic mass is 10.2. The van der Waals surface area contributed by atoms with E-state index >= 15 is 0 Å². The molecule has 3 aromatic carbocycles. The summed E-state index contributed by atoms with van der Waals surface area (Å²) < 4.78 is 0.455. The molecule has 114 valence electrons. The zero-order chi connectivity index (χ0) is 16.2. The van der Waals surface area contributed by atoms with Crippen LogP contribution in [0.1, 0.15) is 0 Å². The van der Waals surface area contributed by atoms with E-state index in [-0.39, 0.29) is 5.69 Å². The third-order valence-electron chi connectivity index (χ3n) is 3.41. The van der Waals surface area contributed by atoms with Gasteiger partial charge in [-0.05, 0) is 52.3 Å². The number of nitrogens with zero attached hydrogens (tertiary/aromatic N) is 2. The van der Waals surface area contributed by atoms with Crippen molar-refractivity contribution in [2.24, 2.45) is 0 Å². The van der Waals surface area contributed by atoms with E-state index in [9.17, 15) is 10.1 Å². The van der Waals surface area contributed by atoms with Crippen LogP contribution in [0.5, 0.6) is 0 Å². The average molecular weight is 369 g/mol. The molecule has 0 radical (unpaired) electrons. The summed E-state index contributed by atoms with van der Waals surface area (Å²) in [7, 11) is 0. The van der Waals surface area contributed by atoms with Crippen LogP contribution in [0.25, 0.3) is 0 Å². The van der Waals surface area contributed by atoms with Gasteiger partial charge in [0.05, 0.1) is 9.40 Å². The molecule has 0 fully saturated rings.